The van der Waals surface area contributed by atoms with Gasteiger partial charge in [0, 0.05) is 5.56 Å². The summed E-state index contributed by atoms with van der Waals surface area (Å²) in [5.74, 6) is -1.37. The van der Waals surface area contributed by atoms with Crippen molar-refractivity contribution in [2.45, 2.75) is 26.4 Å². The van der Waals surface area contributed by atoms with E-state index in [9.17, 15) is 14.4 Å². The number of ketones is 1. The van der Waals surface area contributed by atoms with Gasteiger partial charge in [-0.05, 0) is 43.2 Å². The summed E-state index contributed by atoms with van der Waals surface area (Å²) in [7, 11) is 0. The molecule has 0 aliphatic carbocycles. The van der Waals surface area contributed by atoms with Crippen molar-refractivity contribution in [3.8, 4) is 0 Å². The Labute approximate surface area is 168 Å². The summed E-state index contributed by atoms with van der Waals surface area (Å²) < 4.78 is 10.4. The molecule has 3 aromatic rings. The molecule has 1 amide bonds. The van der Waals surface area contributed by atoms with Crippen LogP contribution in [0.2, 0.25) is 0 Å². The van der Waals surface area contributed by atoms with Gasteiger partial charge in [-0.25, -0.2) is 4.79 Å². The monoisotopic (exact) mass is 391 g/mol. The van der Waals surface area contributed by atoms with E-state index >= 15 is 0 Å². The number of para-hydroxylation sites is 1. The Balaban J connectivity index is 1.71. The highest BCUT2D eigenvalue weighted by Crippen LogP contribution is 2.19. The number of Topliss-reactive ketones (excluding diaryl/α,β-unsaturated/α-hetero) is 1. The van der Waals surface area contributed by atoms with Gasteiger partial charge in [0.2, 0.25) is 5.78 Å². The molecule has 0 aliphatic heterocycles. The van der Waals surface area contributed by atoms with Crippen LogP contribution in [0.3, 0.4) is 0 Å². The molecule has 0 saturated carbocycles. The molecule has 0 spiro atoms. The molecule has 148 valence electrons. The molecule has 1 atom stereocenters. The summed E-state index contributed by atoms with van der Waals surface area (Å²) in [5, 5.41) is 2.62. The lowest BCUT2D eigenvalue weighted by molar-refractivity contribution is 0.0320. The quantitative estimate of drug-likeness (QED) is 0.473. The fourth-order valence-corrected chi connectivity index (χ4v) is 2.78. The Morgan fingerprint density at radius 1 is 1.00 bits per heavy atom. The first-order valence-corrected chi connectivity index (χ1v) is 9.27. The highest BCUT2D eigenvalue weighted by atomic mass is 16.5. The minimum absolute atomic E-state index is 0.118. The maximum Gasteiger partial charge on any atom is 0.340 e. The van der Waals surface area contributed by atoms with Crippen LogP contribution in [0, 0.1) is 0 Å². The molecule has 0 radical (unpaired) electrons. The zero-order valence-electron chi connectivity index (χ0n) is 16.2. The van der Waals surface area contributed by atoms with E-state index in [1.54, 1.807) is 36.4 Å². The van der Waals surface area contributed by atoms with Crippen molar-refractivity contribution in [3.05, 3.63) is 89.4 Å². The number of ether oxygens (including phenoxy) is 1. The van der Waals surface area contributed by atoms with Gasteiger partial charge in [0.1, 0.15) is 0 Å². The smallest absolute Gasteiger partial charge is 0.340 e. The lowest BCUT2D eigenvalue weighted by Crippen LogP contribution is -2.25. The first kappa shape index (κ1) is 20.1. The standard InChI is InChI=1S/C23H21NO5/c1-3-16-10-12-17(13-11-16)21(25)15(2)29-23(27)18-7-4-5-8-19(18)24-22(26)20-9-6-14-28-20/h4-15H,3H2,1-2H3,(H,24,26)/t15-/m0/s1. The van der Waals surface area contributed by atoms with Gasteiger partial charge in [-0.3, -0.25) is 9.59 Å². The van der Waals surface area contributed by atoms with Gasteiger partial charge in [-0.15, -0.1) is 0 Å². The highest BCUT2D eigenvalue weighted by molar-refractivity contribution is 6.07. The van der Waals surface area contributed by atoms with Gasteiger partial charge in [0.25, 0.3) is 5.91 Å². The second kappa shape index (κ2) is 9.01. The summed E-state index contributed by atoms with van der Waals surface area (Å²) in [6.45, 7) is 3.56. The molecule has 1 heterocycles. The van der Waals surface area contributed by atoms with Crippen LogP contribution in [0.5, 0.6) is 0 Å². The normalized spacial score (nSPS) is 11.5. The number of rotatable bonds is 7. The number of nitrogens with one attached hydrogen (secondary N) is 1. The van der Waals surface area contributed by atoms with Crippen LogP contribution in [0.4, 0.5) is 5.69 Å². The van der Waals surface area contributed by atoms with E-state index < -0.39 is 18.0 Å². The number of benzene rings is 2. The van der Waals surface area contributed by atoms with Gasteiger partial charge >= 0.3 is 5.97 Å². The Hall–Kier alpha value is -3.67. The largest absolute Gasteiger partial charge is 0.459 e. The lowest BCUT2D eigenvalue weighted by Gasteiger charge is -2.15. The zero-order chi connectivity index (χ0) is 20.8. The number of anilines is 1. The van der Waals surface area contributed by atoms with E-state index in [0.29, 0.717) is 5.56 Å². The van der Waals surface area contributed by atoms with Crippen molar-refractivity contribution in [3.63, 3.8) is 0 Å². The third-order valence-corrected chi connectivity index (χ3v) is 4.44. The van der Waals surface area contributed by atoms with E-state index in [4.69, 9.17) is 9.15 Å². The number of amides is 1. The SMILES string of the molecule is CCc1ccc(C(=O)[C@H](C)OC(=O)c2ccccc2NC(=O)c2ccco2)cc1. The van der Waals surface area contributed by atoms with Crippen molar-refractivity contribution >= 4 is 23.3 Å². The summed E-state index contributed by atoms with van der Waals surface area (Å²) in [6.07, 6.45) is 1.29. The van der Waals surface area contributed by atoms with Crippen LogP contribution < -0.4 is 5.32 Å². The average molecular weight is 391 g/mol. The number of aryl methyl sites for hydroxylation is 1. The Morgan fingerprint density at radius 3 is 2.38 bits per heavy atom. The molecule has 1 N–H and O–H groups in total. The van der Waals surface area contributed by atoms with Crippen molar-refractivity contribution in [2.75, 3.05) is 5.32 Å². The summed E-state index contributed by atoms with van der Waals surface area (Å²) in [6, 6.07) is 16.7. The first-order chi connectivity index (χ1) is 14.0. The van der Waals surface area contributed by atoms with Crippen LogP contribution in [0.1, 0.15) is 50.7 Å². The maximum absolute atomic E-state index is 12.6. The highest BCUT2D eigenvalue weighted by Gasteiger charge is 2.23. The van der Waals surface area contributed by atoms with Crippen molar-refractivity contribution < 1.29 is 23.5 Å². The number of carbonyl (C=O) groups is 3. The van der Waals surface area contributed by atoms with E-state index in [0.717, 1.165) is 12.0 Å². The average Bonchev–Trinajstić information content (AvgIpc) is 3.28. The number of hydrogen-bond acceptors (Lipinski definition) is 5. The molecular formula is C23H21NO5. The molecular weight excluding hydrogens is 370 g/mol. The zero-order valence-corrected chi connectivity index (χ0v) is 16.2. The first-order valence-electron chi connectivity index (χ1n) is 9.27. The van der Waals surface area contributed by atoms with E-state index in [1.807, 2.05) is 19.1 Å². The molecule has 0 bridgehead atoms. The molecule has 3 rings (SSSR count). The van der Waals surface area contributed by atoms with Crippen molar-refractivity contribution in [1.82, 2.24) is 0 Å². The number of furan rings is 1. The van der Waals surface area contributed by atoms with Gasteiger partial charge < -0.3 is 14.5 Å². The third-order valence-electron chi connectivity index (χ3n) is 4.44. The lowest BCUT2D eigenvalue weighted by atomic mass is 10.0. The molecule has 6 nitrogen and oxygen atoms in total. The summed E-state index contributed by atoms with van der Waals surface area (Å²) in [4.78, 5) is 37.4. The molecule has 1 aromatic heterocycles. The van der Waals surface area contributed by atoms with Gasteiger partial charge in [-0.1, -0.05) is 43.3 Å². The Morgan fingerprint density at radius 2 is 1.72 bits per heavy atom. The van der Waals surface area contributed by atoms with Crippen LogP contribution in [-0.2, 0) is 11.2 Å². The summed E-state index contributed by atoms with van der Waals surface area (Å²) >= 11 is 0. The summed E-state index contributed by atoms with van der Waals surface area (Å²) in [5.41, 5.74) is 2.01. The Kier molecular flexibility index (Phi) is 6.24. The van der Waals surface area contributed by atoms with Crippen LogP contribution in [0.25, 0.3) is 0 Å². The second-order valence-corrected chi connectivity index (χ2v) is 6.44. The number of carbonyl (C=O) groups excluding carboxylic acids is 3. The Bertz CT molecular complexity index is 1010. The van der Waals surface area contributed by atoms with Crippen LogP contribution in [-0.4, -0.2) is 23.8 Å². The van der Waals surface area contributed by atoms with Gasteiger partial charge in [-0.2, -0.15) is 0 Å². The molecule has 0 fully saturated rings. The fraction of sp³-hybridized carbons (Fsp3) is 0.174. The predicted molar refractivity (Wildman–Crippen MR) is 108 cm³/mol. The fourth-order valence-electron chi connectivity index (χ4n) is 2.78. The van der Waals surface area contributed by atoms with Crippen LogP contribution in [0.15, 0.2) is 71.3 Å². The van der Waals surface area contributed by atoms with Gasteiger partial charge in [0.15, 0.2) is 11.9 Å². The predicted octanol–water partition coefficient (Wildman–Crippen LogP) is 4.52. The molecule has 6 heteroatoms. The molecule has 0 unspecified atom stereocenters. The molecule has 0 saturated heterocycles. The van der Waals surface area contributed by atoms with E-state index in [-0.39, 0.29) is 22.8 Å². The molecule has 2 aromatic carbocycles. The molecule has 0 aliphatic rings. The minimum Gasteiger partial charge on any atom is -0.459 e. The third kappa shape index (κ3) is 4.79. The topological polar surface area (TPSA) is 85.6 Å². The number of hydrogen-bond donors (Lipinski definition) is 1. The maximum atomic E-state index is 12.6. The number of esters is 1. The van der Waals surface area contributed by atoms with Gasteiger partial charge in [0.05, 0.1) is 17.5 Å². The van der Waals surface area contributed by atoms with Crippen molar-refractivity contribution in [1.29, 1.82) is 0 Å². The second-order valence-electron chi connectivity index (χ2n) is 6.44. The van der Waals surface area contributed by atoms with Crippen LogP contribution >= 0.6 is 0 Å². The van der Waals surface area contributed by atoms with Crippen molar-refractivity contribution in [2.24, 2.45) is 0 Å². The minimum atomic E-state index is -0.969. The van der Waals surface area contributed by atoms with E-state index in [2.05, 4.69) is 5.32 Å². The molecule has 29 heavy (non-hydrogen) atoms. The van der Waals surface area contributed by atoms with E-state index in [1.165, 1.54) is 25.3 Å².